The lowest BCUT2D eigenvalue weighted by Gasteiger charge is -2.21. The lowest BCUT2D eigenvalue weighted by atomic mass is 9.94. The summed E-state index contributed by atoms with van der Waals surface area (Å²) in [6.07, 6.45) is 10.8. The van der Waals surface area contributed by atoms with Gasteiger partial charge in [0.1, 0.15) is 0 Å². The lowest BCUT2D eigenvalue weighted by molar-refractivity contribution is -0.122. The molecular formula is C19H23N3O3. The average molecular weight is 341 g/mol. The predicted molar refractivity (Wildman–Crippen MR) is 92.5 cm³/mol. The van der Waals surface area contributed by atoms with Crippen molar-refractivity contribution in [1.29, 1.82) is 0 Å². The SMILES string of the molecule is Cc1cn([C@@H](CC2CCCC2)C(=O)Cc2ccc(C(=O)O)cn2)cn1. The van der Waals surface area contributed by atoms with Crippen LogP contribution < -0.4 is 0 Å². The van der Waals surface area contributed by atoms with Gasteiger partial charge in [-0.15, -0.1) is 0 Å². The van der Waals surface area contributed by atoms with Crippen LogP contribution in [0, 0.1) is 12.8 Å². The standard InChI is InChI=1S/C19H23N3O3/c1-13-11-22(12-21-13)17(8-14-4-2-3-5-14)18(23)9-16-7-6-15(10-20-16)19(24)25/h6-7,10-12,14,17H,2-5,8-9H2,1H3,(H,24,25)/t17-/m0/s1. The van der Waals surface area contributed by atoms with Crippen LogP contribution in [0.2, 0.25) is 0 Å². The molecule has 1 aliphatic rings. The molecule has 1 aliphatic carbocycles. The molecule has 0 unspecified atom stereocenters. The number of aromatic carboxylic acids is 1. The monoisotopic (exact) mass is 341 g/mol. The van der Waals surface area contributed by atoms with E-state index in [4.69, 9.17) is 5.11 Å². The third-order valence-electron chi connectivity index (χ3n) is 4.92. The van der Waals surface area contributed by atoms with E-state index in [1.807, 2.05) is 17.7 Å². The maximum Gasteiger partial charge on any atom is 0.337 e. The van der Waals surface area contributed by atoms with E-state index in [1.165, 1.54) is 37.9 Å². The van der Waals surface area contributed by atoms with Crippen LogP contribution in [0.1, 0.15) is 59.9 Å². The third-order valence-corrected chi connectivity index (χ3v) is 4.92. The molecule has 25 heavy (non-hydrogen) atoms. The van der Waals surface area contributed by atoms with E-state index in [2.05, 4.69) is 9.97 Å². The highest BCUT2D eigenvalue weighted by molar-refractivity contribution is 5.87. The second kappa shape index (κ2) is 7.59. The molecule has 1 atom stereocenters. The van der Waals surface area contributed by atoms with E-state index in [9.17, 15) is 9.59 Å². The molecule has 1 saturated carbocycles. The van der Waals surface area contributed by atoms with Crippen LogP contribution in [0.4, 0.5) is 0 Å². The van der Waals surface area contributed by atoms with Crippen LogP contribution in [0.3, 0.4) is 0 Å². The molecule has 0 aliphatic heterocycles. The maximum absolute atomic E-state index is 12.9. The summed E-state index contributed by atoms with van der Waals surface area (Å²) in [5.41, 5.74) is 1.63. The van der Waals surface area contributed by atoms with Crippen molar-refractivity contribution in [3.8, 4) is 0 Å². The second-order valence-corrected chi connectivity index (χ2v) is 6.85. The average Bonchev–Trinajstić information content (AvgIpc) is 3.24. The molecule has 2 heterocycles. The van der Waals surface area contributed by atoms with Gasteiger partial charge in [0.2, 0.25) is 0 Å². The Kier molecular flexibility index (Phi) is 5.26. The number of aryl methyl sites for hydroxylation is 1. The molecule has 2 aromatic heterocycles. The fraction of sp³-hybridized carbons (Fsp3) is 0.474. The quantitative estimate of drug-likeness (QED) is 0.836. The molecule has 0 amide bonds. The Balaban J connectivity index is 1.74. The highest BCUT2D eigenvalue weighted by atomic mass is 16.4. The molecule has 0 spiro atoms. The number of imidazole rings is 1. The van der Waals surface area contributed by atoms with Gasteiger partial charge >= 0.3 is 5.97 Å². The molecule has 0 radical (unpaired) electrons. The molecular weight excluding hydrogens is 318 g/mol. The number of nitrogens with zero attached hydrogens (tertiary/aromatic N) is 3. The fourth-order valence-corrected chi connectivity index (χ4v) is 3.54. The van der Waals surface area contributed by atoms with E-state index in [1.54, 1.807) is 12.4 Å². The van der Waals surface area contributed by atoms with Gasteiger partial charge < -0.3 is 9.67 Å². The van der Waals surface area contributed by atoms with Gasteiger partial charge in [-0.3, -0.25) is 9.78 Å². The summed E-state index contributed by atoms with van der Waals surface area (Å²) in [6.45, 7) is 1.92. The Morgan fingerprint density at radius 2 is 2.04 bits per heavy atom. The number of carboxylic acids is 1. The van der Waals surface area contributed by atoms with Gasteiger partial charge in [0.05, 0.1) is 30.0 Å². The molecule has 0 saturated heterocycles. The van der Waals surface area contributed by atoms with Crippen LogP contribution in [-0.2, 0) is 11.2 Å². The van der Waals surface area contributed by atoms with Crippen molar-refractivity contribution in [2.75, 3.05) is 0 Å². The van der Waals surface area contributed by atoms with Crippen molar-refractivity contribution in [2.24, 2.45) is 5.92 Å². The van der Waals surface area contributed by atoms with Gasteiger partial charge in [-0.05, 0) is 31.4 Å². The number of pyridine rings is 1. The first-order valence-corrected chi connectivity index (χ1v) is 8.74. The van der Waals surface area contributed by atoms with Crippen LogP contribution >= 0.6 is 0 Å². The molecule has 132 valence electrons. The summed E-state index contributed by atoms with van der Waals surface area (Å²) in [5, 5.41) is 8.94. The second-order valence-electron chi connectivity index (χ2n) is 6.85. The summed E-state index contributed by atoms with van der Waals surface area (Å²) < 4.78 is 1.92. The van der Waals surface area contributed by atoms with E-state index in [0.29, 0.717) is 11.6 Å². The number of carbonyl (C=O) groups excluding carboxylic acids is 1. The van der Waals surface area contributed by atoms with Crippen molar-refractivity contribution >= 4 is 11.8 Å². The van der Waals surface area contributed by atoms with Gasteiger partial charge in [0, 0.05) is 18.1 Å². The summed E-state index contributed by atoms with van der Waals surface area (Å²) in [7, 11) is 0. The van der Waals surface area contributed by atoms with Crippen molar-refractivity contribution in [3.05, 3.63) is 47.8 Å². The first kappa shape index (κ1) is 17.3. The van der Waals surface area contributed by atoms with Gasteiger partial charge in [0.15, 0.2) is 5.78 Å². The zero-order valence-electron chi connectivity index (χ0n) is 14.4. The fourth-order valence-electron chi connectivity index (χ4n) is 3.54. The smallest absolute Gasteiger partial charge is 0.337 e. The topological polar surface area (TPSA) is 85.1 Å². The maximum atomic E-state index is 12.9. The summed E-state index contributed by atoms with van der Waals surface area (Å²) in [4.78, 5) is 32.2. The van der Waals surface area contributed by atoms with E-state index in [-0.39, 0.29) is 23.8 Å². The van der Waals surface area contributed by atoms with Crippen molar-refractivity contribution in [2.45, 2.75) is 51.5 Å². The van der Waals surface area contributed by atoms with Crippen molar-refractivity contribution in [3.63, 3.8) is 0 Å². The number of carbonyl (C=O) groups is 2. The van der Waals surface area contributed by atoms with Gasteiger partial charge in [-0.25, -0.2) is 9.78 Å². The van der Waals surface area contributed by atoms with Crippen LogP contribution in [0.25, 0.3) is 0 Å². The van der Waals surface area contributed by atoms with Crippen molar-refractivity contribution in [1.82, 2.24) is 14.5 Å². The van der Waals surface area contributed by atoms with Crippen LogP contribution in [-0.4, -0.2) is 31.4 Å². The van der Waals surface area contributed by atoms with Crippen molar-refractivity contribution < 1.29 is 14.7 Å². The number of ketones is 1. The van der Waals surface area contributed by atoms with Crippen LogP contribution in [0.5, 0.6) is 0 Å². The minimum Gasteiger partial charge on any atom is -0.478 e. The summed E-state index contributed by atoms with van der Waals surface area (Å²) in [6, 6.07) is 2.88. The number of rotatable bonds is 7. The Hall–Kier alpha value is -2.50. The molecule has 1 N–H and O–H groups in total. The molecule has 0 aromatic carbocycles. The molecule has 2 aromatic rings. The Bertz CT molecular complexity index is 746. The number of Topliss-reactive ketones (excluding diaryl/α,β-unsaturated/α-hetero) is 1. The number of hydrogen-bond acceptors (Lipinski definition) is 4. The largest absolute Gasteiger partial charge is 0.478 e. The number of aromatic nitrogens is 3. The number of hydrogen-bond donors (Lipinski definition) is 1. The predicted octanol–water partition coefficient (Wildman–Crippen LogP) is 3.22. The molecule has 3 rings (SSSR count). The Morgan fingerprint density at radius 3 is 2.60 bits per heavy atom. The van der Waals surface area contributed by atoms with E-state index < -0.39 is 5.97 Å². The zero-order chi connectivity index (χ0) is 17.8. The van der Waals surface area contributed by atoms with E-state index >= 15 is 0 Å². The molecule has 6 nitrogen and oxygen atoms in total. The van der Waals surface area contributed by atoms with Gasteiger partial charge in [0.25, 0.3) is 0 Å². The van der Waals surface area contributed by atoms with Gasteiger partial charge in [-0.1, -0.05) is 25.7 Å². The zero-order valence-corrected chi connectivity index (χ0v) is 14.4. The van der Waals surface area contributed by atoms with Gasteiger partial charge in [-0.2, -0.15) is 0 Å². The highest BCUT2D eigenvalue weighted by Crippen LogP contribution is 2.32. The molecule has 6 heteroatoms. The first-order valence-electron chi connectivity index (χ1n) is 8.74. The minimum absolute atomic E-state index is 0.0971. The Morgan fingerprint density at radius 1 is 1.28 bits per heavy atom. The lowest BCUT2D eigenvalue weighted by Crippen LogP contribution is -2.23. The minimum atomic E-state index is -1.02. The number of carboxylic acid groups (broad SMARTS) is 1. The highest BCUT2D eigenvalue weighted by Gasteiger charge is 2.26. The first-order chi connectivity index (χ1) is 12.0. The normalized spacial score (nSPS) is 16.0. The van der Waals surface area contributed by atoms with Crippen LogP contribution in [0.15, 0.2) is 30.9 Å². The Labute approximate surface area is 146 Å². The summed E-state index contributed by atoms with van der Waals surface area (Å²) in [5.74, 6) is -0.336. The molecule has 0 bridgehead atoms. The molecule has 1 fully saturated rings. The third kappa shape index (κ3) is 4.32. The summed E-state index contributed by atoms with van der Waals surface area (Å²) >= 11 is 0. The van der Waals surface area contributed by atoms with E-state index in [0.717, 1.165) is 12.1 Å².